The molecule has 1 aliphatic carbocycles. The lowest BCUT2D eigenvalue weighted by molar-refractivity contribution is 0.0637. The Kier molecular flexibility index (Phi) is 4.84. The fraction of sp³-hybridized carbons (Fsp3) is 0.533. The second kappa shape index (κ2) is 6.61. The fourth-order valence-electron chi connectivity index (χ4n) is 2.93. The van der Waals surface area contributed by atoms with Crippen LogP contribution >= 0.6 is 0 Å². The number of ether oxygens (including phenoxy) is 1. The molecule has 1 fully saturated rings. The van der Waals surface area contributed by atoms with Crippen LogP contribution in [0.15, 0.2) is 29.4 Å². The molecule has 1 aromatic carbocycles. The van der Waals surface area contributed by atoms with Crippen LogP contribution in [-0.2, 0) is 4.74 Å². The Labute approximate surface area is 120 Å². The Morgan fingerprint density at radius 3 is 2.85 bits per heavy atom. The monoisotopic (exact) mass is 277 g/mol. The van der Waals surface area contributed by atoms with Crippen molar-refractivity contribution in [1.29, 1.82) is 0 Å². The van der Waals surface area contributed by atoms with Crippen molar-refractivity contribution < 1.29 is 9.94 Å². The van der Waals surface area contributed by atoms with E-state index in [-0.39, 0.29) is 5.84 Å². The summed E-state index contributed by atoms with van der Waals surface area (Å²) in [6.45, 7) is 0. The highest BCUT2D eigenvalue weighted by atomic mass is 16.5. The zero-order chi connectivity index (χ0) is 14.5. The fourth-order valence-corrected chi connectivity index (χ4v) is 2.93. The average Bonchev–Trinajstić information content (AvgIpc) is 2.53. The lowest BCUT2D eigenvalue weighted by atomic mass is 9.91. The van der Waals surface area contributed by atoms with Crippen LogP contribution in [0, 0.1) is 0 Å². The number of rotatable bonds is 4. The molecule has 1 saturated carbocycles. The summed E-state index contributed by atoms with van der Waals surface area (Å²) < 4.78 is 5.49. The quantitative estimate of drug-likeness (QED) is 0.383. The van der Waals surface area contributed by atoms with Crippen molar-refractivity contribution in [3.05, 3.63) is 29.8 Å². The van der Waals surface area contributed by atoms with Gasteiger partial charge in [-0.1, -0.05) is 17.3 Å². The first-order chi connectivity index (χ1) is 9.67. The van der Waals surface area contributed by atoms with Gasteiger partial charge < -0.3 is 20.6 Å². The molecule has 0 aliphatic heterocycles. The molecule has 5 nitrogen and oxygen atoms in total. The number of benzene rings is 1. The zero-order valence-corrected chi connectivity index (χ0v) is 12.1. The third kappa shape index (κ3) is 3.04. The van der Waals surface area contributed by atoms with E-state index in [1.165, 1.54) is 6.42 Å². The molecule has 0 saturated heterocycles. The van der Waals surface area contributed by atoms with Crippen LogP contribution in [-0.4, -0.2) is 37.3 Å². The Morgan fingerprint density at radius 2 is 2.15 bits per heavy atom. The number of hydrogen-bond acceptors (Lipinski definition) is 4. The van der Waals surface area contributed by atoms with Gasteiger partial charge in [-0.05, 0) is 37.8 Å². The number of oxime groups is 1. The SMILES string of the molecule is COC1CCCC(N(C)c2ccccc2/C(N)=N/O)C1. The van der Waals surface area contributed by atoms with Crippen molar-refractivity contribution in [2.45, 2.75) is 37.8 Å². The molecule has 3 N–H and O–H groups in total. The third-order valence-corrected chi connectivity index (χ3v) is 4.15. The first-order valence-corrected chi connectivity index (χ1v) is 7.00. The van der Waals surface area contributed by atoms with Gasteiger partial charge in [-0.25, -0.2) is 0 Å². The van der Waals surface area contributed by atoms with Gasteiger partial charge in [-0.2, -0.15) is 0 Å². The van der Waals surface area contributed by atoms with Gasteiger partial charge in [0.2, 0.25) is 0 Å². The standard InChI is InChI=1S/C15H23N3O2/c1-18(11-6-5-7-12(10-11)20-2)14-9-4-3-8-13(14)15(16)17-19/h3-4,8-9,11-12,19H,5-7,10H2,1-2H3,(H2,16,17). The van der Waals surface area contributed by atoms with E-state index < -0.39 is 0 Å². The summed E-state index contributed by atoms with van der Waals surface area (Å²) >= 11 is 0. The van der Waals surface area contributed by atoms with Gasteiger partial charge in [0.05, 0.1) is 6.10 Å². The molecule has 1 aliphatic rings. The Morgan fingerprint density at radius 1 is 1.40 bits per heavy atom. The van der Waals surface area contributed by atoms with Crippen LogP contribution in [0.5, 0.6) is 0 Å². The molecular formula is C15H23N3O2. The molecule has 0 radical (unpaired) electrons. The predicted molar refractivity (Wildman–Crippen MR) is 80.4 cm³/mol. The van der Waals surface area contributed by atoms with Crippen molar-refractivity contribution in [3.63, 3.8) is 0 Å². The van der Waals surface area contributed by atoms with Crippen LogP contribution in [0.1, 0.15) is 31.2 Å². The highest BCUT2D eigenvalue weighted by Crippen LogP contribution is 2.29. The van der Waals surface area contributed by atoms with E-state index in [2.05, 4.69) is 17.1 Å². The molecule has 2 rings (SSSR count). The summed E-state index contributed by atoms with van der Waals surface area (Å²) in [5, 5.41) is 12.0. The molecule has 5 heteroatoms. The van der Waals surface area contributed by atoms with E-state index in [1.807, 2.05) is 24.3 Å². The van der Waals surface area contributed by atoms with E-state index in [4.69, 9.17) is 15.7 Å². The number of nitrogens with zero attached hydrogens (tertiary/aromatic N) is 2. The predicted octanol–water partition coefficient (Wildman–Crippen LogP) is 2.17. The number of amidine groups is 1. The molecule has 0 aromatic heterocycles. The first kappa shape index (κ1) is 14.7. The van der Waals surface area contributed by atoms with Gasteiger partial charge in [0.15, 0.2) is 5.84 Å². The normalized spacial score (nSPS) is 23.6. The van der Waals surface area contributed by atoms with Crippen molar-refractivity contribution in [3.8, 4) is 0 Å². The maximum Gasteiger partial charge on any atom is 0.172 e. The van der Waals surface area contributed by atoms with Crippen LogP contribution in [0.2, 0.25) is 0 Å². The molecule has 1 aromatic rings. The van der Waals surface area contributed by atoms with Crippen LogP contribution in [0.3, 0.4) is 0 Å². The molecule has 0 spiro atoms. The topological polar surface area (TPSA) is 71.1 Å². The molecule has 0 heterocycles. The smallest absolute Gasteiger partial charge is 0.172 e. The molecular weight excluding hydrogens is 254 g/mol. The highest BCUT2D eigenvalue weighted by Gasteiger charge is 2.26. The molecule has 0 bridgehead atoms. The van der Waals surface area contributed by atoms with Gasteiger partial charge in [0, 0.05) is 31.5 Å². The van der Waals surface area contributed by atoms with Crippen LogP contribution < -0.4 is 10.6 Å². The second-order valence-corrected chi connectivity index (χ2v) is 5.29. The van der Waals surface area contributed by atoms with Gasteiger partial charge >= 0.3 is 0 Å². The van der Waals surface area contributed by atoms with E-state index in [1.54, 1.807) is 7.11 Å². The number of anilines is 1. The van der Waals surface area contributed by atoms with Crippen molar-refractivity contribution >= 4 is 11.5 Å². The van der Waals surface area contributed by atoms with Crippen molar-refractivity contribution in [2.24, 2.45) is 10.9 Å². The largest absolute Gasteiger partial charge is 0.409 e. The Balaban J connectivity index is 2.22. The van der Waals surface area contributed by atoms with E-state index >= 15 is 0 Å². The van der Waals surface area contributed by atoms with Crippen molar-refractivity contribution in [2.75, 3.05) is 19.1 Å². The lowest BCUT2D eigenvalue weighted by Gasteiger charge is -2.36. The summed E-state index contributed by atoms with van der Waals surface area (Å²) in [6, 6.07) is 8.16. The van der Waals surface area contributed by atoms with Crippen molar-refractivity contribution in [1.82, 2.24) is 0 Å². The summed E-state index contributed by atoms with van der Waals surface area (Å²) in [7, 11) is 3.84. The Hall–Kier alpha value is -1.75. The van der Waals surface area contributed by atoms with Gasteiger partial charge in [-0.3, -0.25) is 0 Å². The van der Waals surface area contributed by atoms with Gasteiger partial charge in [-0.15, -0.1) is 0 Å². The molecule has 2 atom stereocenters. The number of hydrogen-bond donors (Lipinski definition) is 2. The summed E-state index contributed by atoms with van der Waals surface area (Å²) in [6.07, 6.45) is 4.77. The maximum absolute atomic E-state index is 8.91. The number of nitrogens with two attached hydrogens (primary N) is 1. The van der Waals surface area contributed by atoms with E-state index in [0.717, 1.165) is 30.5 Å². The number of methoxy groups -OCH3 is 1. The molecule has 0 amide bonds. The molecule has 20 heavy (non-hydrogen) atoms. The van der Waals surface area contributed by atoms with E-state index in [9.17, 15) is 0 Å². The zero-order valence-electron chi connectivity index (χ0n) is 12.1. The third-order valence-electron chi connectivity index (χ3n) is 4.15. The van der Waals surface area contributed by atoms with Crippen LogP contribution in [0.25, 0.3) is 0 Å². The summed E-state index contributed by atoms with van der Waals surface area (Å²) in [5.74, 6) is 0.145. The van der Waals surface area contributed by atoms with Gasteiger partial charge in [0.25, 0.3) is 0 Å². The minimum Gasteiger partial charge on any atom is -0.409 e. The second-order valence-electron chi connectivity index (χ2n) is 5.29. The molecule has 110 valence electrons. The molecule has 2 unspecified atom stereocenters. The average molecular weight is 277 g/mol. The minimum atomic E-state index is 0.145. The van der Waals surface area contributed by atoms with E-state index in [0.29, 0.717) is 12.1 Å². The van der Waals surface area contributed by atoms with Gasteiger partial charge in [0.1, 0.15) is 0 Å². The van der Waals surface area contributed by atoms with Crippen LogP contribution in [0.4, 0.5) is 5.69 Å². The summed E-state index contributed by atoms with van der Waals surface area (Å²) in [5.41, 5.74) is 7.52. The first-order valence-electron chi connectivity index (χ1n) is 7.00. The Bertz CT molecular complexity index is 476. The minimum absolute atomic E-state index is 0.145. The number of para-hydroxylation sites is 1. The highest BCUT2D eigenvalue weighted by molar-refractivity contribution is 6.02. The lowest BCUT2D eigenvalue weighted by Crippen LogP contribution is -2.39. The maximum atomic E-state index is 8.91. The summed E-state index contributed by atoms with van der Waals surface area (Å²) in [4.78, 5) is 2.22.